The van der Waals surface area contributed by atoms with Crippen molar-refractivity contribution in [3.05, 3.63) is 70.6 Å². The predicted molar refractivity (Wildman–Crippen MR) is 110 cm³/mol. The van der Waals surface area contributed by atoms with Gasteiger partial charge in [-0.15, -0.1) is 20.4 Å². The van der Waals surface area contributed by atoms with Crippen molar-refractivity contribution in [3.8, 4) is 11.5 Å². The van der Waals surface area contributed by atoms with Crippen LogP contribution in [0, 0.1) is 10.1 Å². The molecule has 0 radical (unpaired) electrons. The van der Waals surface area contributed by atoms with Crippen molar-refractivity contribution in [2.24, 2.45) is 0 Å². The molecule has 4 rings (SSSR count). The Balaban J connectivity index is 1.42. The van der Waals surface area contributed by atoms with Crippen LogP contribution in [0.25, 0.3) is 11.5 Å². The Bertz CT molecular complexity index is 1110. The summed E-state index contributed by atoms with van der Waals surface area (Å²) in [5.74, 6) is 0.752. The number of nitro groups is 1. The Morgan fingerprint density at radius 3 is 2.55 bits per heavy atom. The second kappa shape index (κ2) is 8.37. The van der Waals surface area contributed by atoms with E-state index in [2.05, 4.69) is 25.7 Å². The molecule has 2 aromatic heterocycles. The van der Waals surface area contributed by atoms with Crippen LogP contribution in [0.4, 0.5) is 16.5 Å². The molecule has 9 nitrogen and oxygen atoms in total. The molecule has 2 heterocycles. The summed E-state index contributed by atoms with van der Waals surface area (Å²) in [6, 6.07) is 15.7. The molecule has 0 aliphatic heterocycles. The lowest BCUT2D eigenvalue weighted by atomic mass is 10.2. The maximum atomic E-state index is 10.8. The van der Waals surface area contributed by atoms with E-state index in [1.165, 1.54) is 35.2 Å². The Kier molecular flexibility index (Phi) is 5.49. The first-order valence-electron chi connectivity index (χ1n) is 8.49. The summed E-state index contributed by atoms with van der Waals surface area (Å²) >= 11 is 2.90. The maximum absolute atomic E-state index is 10.8. The average molecular weight is 426 g/mol. The lowest BCUT2D eigenvalue weighted by Crippen LogP contribution is -1.88. The molecule has 4 aromatic rings. The van der Waals surface area contributed by atoms with Crippen molar-refractivity contribution in [3.63, 3.8) is 0 Å². The third-order valence-corrected chi connectivity index (χ3v) is 5.83. The number of nitro benzene ring substituents is 1. The molecule has 146 valence electrons. The molecule has 0 saturated carbocycles. The van der Waals surface area contributed by atoms with Crippen LogP contribution >= 0.6 is 23.1 Å². The maximum Gasteiger partial charge on any atom is 0.269 e. The molecule has 1 unspecified atom stereocenters. The molecular formula is C18H14N6O3S2. The predicted octanol–water partition coefficient (Wildman–Crippen LogP) is 5.09. The molecule has 1 atom stereocenters. The van der Waals surface area contributed by atoms with Crippen molar-refractivity contribution in [1.82, 2.24) is 20.4 Å². The molecule has 0 aliphatic rings. The van der Waals surface area contributed by atoms with Crippen LogP contribution < -0.4 is 5.32 Å². The number of rotatable bonds is 7. The summed E-state index contributed by atoms with van der Waals surface area (Å²) in [5, 5.41) is 31.0. The monoisotopic (exact) mass is 426 g/mol. The minimum Gasteiger partial charge on any atom is -0.419 e. The van der Waals surface area contributed by atoms with Crippen LogP contribution in [-0.2, 0) is 0 Å². The van der Waals surface area contributed by atoms with Crippen LogP contribution in [0.1, 0.15) is 18.1 Å². The first-order chi connectivity index (χ1) is 14.1. The van der Waals surface area contributed by atoms with Crippen molar-refractivity contribution < 1.29 is 9.34 Å². The highest BCUT2D eigenvalue weighted by atomic mass is 32.2. The molecule has 0 saturated heterocycles. The molecule has 1 N–H and O–H groups in total. The van der Waals surface area contributed by atoms with Crippen LogP contribution in [0.15, 0.2) is 63.4 Å². The van der Waals surface area contributed by atoms with E-state index in [0.29, 0.717) is 22.5 Å². The van der Waals surface area contributed by atoms with Crippen LogP contribution in [0.5, 0.6) is 0 Å². The number of nitrogens with zero attached hydrogens (tertiary/aromatic N) is 5. The number of thioether (sulfide) groups is 1. The molecule has 29 heavy (non-hydrogen) atoms. The van der Waals surface area contributed by atoms with Gasteiger partial charge in [-0.05, 0) is 31.2 Å². The summed E-state index contributed by atoms with van der Waals surface area (Å²) in [5.41, 5.74) is 1.57. The zero-order valence-corrected chi connectivity index (χ0v) is 16.7. The topological polar surface area (TPSA) is 120 Å². The van der Waals surface area contributed by atoms with E-state index >= 15 is 0 Å². The quantitative estimate of drug-likeness (QED) is 0.244. The van der Waals surface area contributed by atoms with E-state index < -0.39 is 4.92 Å². The minimum absolute atomic E-state index is 0.00796. The highest BCUT2D eigenvalue weighted by Crippen LogP contribution is 2.38. The summed E-state index contributed by atoms with van der Waals surface area (Å²) in [6.07, 6.45) is 0. The molecular weight excluding hydrogens is 412 g/mol. The smallest absolute Gasteiger partial charge is 0.269 e. The van der Waals surface area contributed by atoms with E-state index in [4.69, 9.17) is 4.42 Å². The molecule has 0 aliphatic carbocycles. The lowest BCUT2D eigenvalue weighted by Gasteiger charge is -2.02. The number of non-ortho nitro benzene ring substituents is 1. The minimum atomic E-state index is -0.454. The van der Waals surface area contributed by atoms with Crippen molar-refractivity contribution in [1.29, 1.82) is 0 Å². The largest absolute Gasteiger partial charge is 0.419 e. The lowest BCUT2D eigenvalue weighted by molar-refractivity contribution is -0.384. The summed E-state index contributed by atoms with van der Waals surface area (Å²) in [4.78, 5) is 10.3. The first-order valence-corrected chi connectivity index (χ1v) is 10.2. The van der Waals surface area contributed by atoms with Gasteiger partial charge in [-0.1, -0.05) is 41.3 Å². The van der Waals surface area contributed by atoms with Gasteiger partial charge in [0.25, 0.3) is 5.69 Å². The highest BCUT2D eigenvalue weighted by molar-refractivity contribution is 8.01. The number of hydrogen-bond acceptors (Lipinski definition) is 10. The summed E-state index contributed by atoms with van der Waals surface area (Å²) in [7, 11) is 0. The van der Waals surface area contributed by atoms with Gasteiger partial charge in [-0.25, -0.2) is 0 Å². The standard InChI is InChI=1S/C18H14N6O3S2/c1-11(28-18-23-22-17(29-18)19-13-5-3-2-4-6-13)15-20-21-16(27-15)12-7-9-14(10-8-12)24(25)26/h2-11H,1H3,(H,19,22). The Morgan fingerprint density at radius 1 is 1.07 bits per heavy atom. The third kappa shape index (κ3) is 4.58. The zero-order valence-electron chi connectivity index (χ0n) is 15.1. The number of aromatic nitrogens is 4. The van der Waals surface area contributed by atoms with Crippen molar-refractivity contribution in [2.45, 2.75) is 16.5 Å². The second-order valence-electron chi connectivity index (χ2n) is 5.87. The van der Waals surface area contributed by atoms with Crippen LogP contribution in [0.3, 0.4) is 0 Å². The average Bonchev–Trinajstić information content (AvgIpc) is 3.39. The second-order valence-corrected chi connectivity index (χ2v) is 8.44. The molecule has 0 spiro atoms. The Morgan fingerprint density at radius 2 is 1.83 bits per heavy atom. The van der Waals surface area contributed by atoms with Gasteiger partial charge in [-0.2, -0.15) is 0 Å². The molecule has 0 fully saturated rings. The highest BCUT2D eigenvalue weighted by Gasteiger charge is 2.19. The molecule has 11 heteroatoms. The third-order valence-electron chi connectivity index (χ3n) is 3.82. The van der Waals surface area contributed by atoms with E-state index in [-0.39, 0.29) is 10.9 Å². The Labute approximate surface area is 173 Å². The summed E-state index contributed by atoms with van der Waals surface area (Å²) in [6.45, 7) is 1.93. The zero-order chi connectivity index (χ0) is 20.2. The molecule has 0 amide bonds. The number of benzene rings is 2. The van der Waals surface area contributed by atoms with Crippen molar-refractivity contribution in [2.75, 3.05) is 5.32 Å². The van der Waals surface area contributed by atoms with Gasteiger partial charge >= 0.3 is 0 Å². The van der Waals surface area contributed by atoms with E-state index in [1.807, 2.05) is 37.3 Å². The van der Waals surface area contributed by atoms with Crippen LogP contribution in [0.2, 0.25) is 0 Å². The van der Waals surface area contributed by atoms with Crippen LogP contribution in [-0.4, -0.2) is 25.3 Å². The first kappa shape index (κ1) is 19.0. The number of nitrogens with one attached hydrogen (secondary N) is 1. The van der Waals surface area contributed by atoms with Crippen molar-refractivity contribution >= 4 is 39.6 Å². The number of anilines is 2. The van der Waals surface area contributed by atoms with E-state index in [1.54, 1.807) is 12.1 Å². The van der Waals surface area contributed by atoms with Gasteiger partial charge in [0.05, 0.1) is 10.2 Å². The van der Waals surface area contributed by atoms with Gasteiger partial charge in [0, 0.05) is 23.4 Å². The van der Waals surface area contributed by atoms with Gasteiger partial charge < -0.3 is 9.73 Å². The molecule has 2 aromatic carbocycles. The van der Waals surface area contributed by atoms with Gasteiger partial charge in [-0.3, -0.25) is 10.1 Å². The van der Waals surface area contributed by atoms with Gasteiger partial charge in [0.15, 0.2) is 4.34 Å². The van der Waals surface area contributed by atoms with Gasteiger partial charge in [0.1, 0.15) is 0 Å². The fourth-order valence-corrected chi connectivity index (χ4v) is 4.34. The Hall–Kier alpha value is -3.31. The SMILES string of the molecule is CC(Sc1nnc(Nc2ccccc2)s1)c1nnc(-c2ccc([N+](=O)[O-])cc2)o1. The van der Waals surface area contributed by atoms with Gasteiger partial charge in [0.2, 0.25) is 16.9 Å². The van der Waals surface area contributed by atoms with E-state index in [0.717, 1.165) is 10.0 Å². The fourth-order valence-electron chi connectivity index (χ4n) is 2.40. The number of hydrogen-bond donors (Lipinski definition) is 1. The fraction of sp³-hybridized carbons (Fsp3) is 0.111. The molecule has 0 bridgehead atoms. The summed E-state index contributed by atoms with van der Waals surface area (Å²) < 4.78 is 6.50. The normalized spacial score (nSPS) is 11.9. The van der Waals surface area contributed by atoms with E-state index in [9.17, 15) is 10.1 Å². The number of para-hydroxylation sites is 1.